The molecule has 31 heavy (non-hydrogen) atoms. The average molecular weight is 447 g/mol. The first-order valence-electron chi connectivity index (χ1n) is 12.0. The van der Waals surface area contributed by atoms with Gasteiger partial charge in [-0.25, -0.2) is 0 Å². The minimum absolute atomic E-state index is 0.0952. The van der Waals surface area contributed by atoms with Gasteiger partial charge < -0.3 is 16.2 Å². The van der Waals surface area contributed by atoms with Crippen molar-refractivity contribution in [1.82, 2.24) is 0 Å². The Bertz CT molecular complexity index is 849. The number of aryl methyl sites for hydroxylation is 1. The molecule has 0 aliphatic heterocycles. The van der Waals surface area contributed by atoms with E-state index >= 15 is 0 Å². The summed E-state index contributed by atoms with van der Waals surface area (Å²) >= 11 is 1.48. The lowest BCUT2D eigenvalue weighted by atomic mass is 9.78. The van der Waals surface area contributed by atoms with Gasteiger partial charge in [-0.1, -0.05) is 38.5 Å². The van der Waals surface area contributed by atoms with Crippen molar-refractivity contribution in [3.8, 4) is 0 Å². The number of anilines is 1. The van der Waals surface area contributed by atoms with Crippen molar-refractivity contribution in [3.05, 3.63) is 16.0 Å². The molecule has 0 radical (unpaired) electrons. The molecule has 2 amide bonds. The molecule has 2 bridgehead atoms. The lowest BCUT2D eigenvalue weighted by Gasteiger charge is -2.26. The number of carboxylic acids is 1. The van der Waals surface area contributed by atoms with Crippen LogP contribution < -0.4 is 11.1 Å². The summed E-state index contributed by atoms with van der Waals surface area (Å²) in [6, 6.07) is 0. The Morgan fingerprint density at radius 2 is 1.45 bits per heavy atom. The Morgan fingerprint density at radius 3 is 2.06 bits per heavy atom. The number of nitrogens with two attached hydrogens (primary N) is 1. The first-order valence-corrected chi connectivity index (χ1v) is 12.8. The number of carbonyl (C=O) groups is 3. The Kier molecular flexibility index (Phi) is 6.99. The van der Waals surface area contributed by atoms with E-state index in [2.05, 4.69) is 5.32 Å². The third-order valence-corrected chi connectivity index (χ3v) is 8.87. The van der Waals surface area contributed by atoms with Crippen LogP contribution in [0.3, 0.4) is 0 Å². The summed E-state index contributed by atoms with van der Waals surface area (Å²) in [5, 5.41) is 13.2. The Hall–Kier alpha value is -1.89. The van der Waals surface area contributed by atoms with Crippen LogP contribution in [0.1, 0.15) is 91.4 Å². The molecule has 3 aliphatic carbocycles. The van der Waals surface area contributed by atoms with Crippen molar-refractivity contribution >= 4 is 34.1 Å². The average Bonchev–Trinajstić information content (AvgIpc) is 3.41. The molecule has 4 N–H and O–H groups in total. The summed E-state index contributed by atoms with van der Waals surface area (Å²) in [5.74, 6) is -2.53. The molecule has 0 aromatic carbocycles. The smallest absolute Gasteiger partial charge is 0.307 e. The second-order valence-electron chi connectivity index (χ2n) is 9.61. The summed E-state index contributed by atoms with van der Waals surface area (Å²) in [6.07, 6.45) is 13.8. The standard InChI is InChI=1S/C24H34N2O4S/c25-21(27)20-16-9-7-5-3-1-2-4-6-8-10-17(16)31-23(20)26-22(28)18-14-11-12-15(13-14)19(18)24(29)30/h14-15,18-19H,1-13H2,(H2,25,27)(H,26,28)(H,29,30)/t14-,15+,18+,19+/m1/s1. The summed E-state index contributed by atoms with van der Waals surface area (Å²) < 4.78 is 0. The zero-order valence-electron chi connectivity index (χ0n) is 18.2. The van der Waals surface area contributed by atoms with Crippen molar-refractivity contribution in [1.29, 1.82) is 0 Å². The predicted molar refractivity (Wildman–Crippen MR) is 121 cm³/mol. The molecule has 0 saturated heterocycles. The fourth-order valence-corrected chi connectivity index (χ4v) is 7.49. The topological polar surface area (TPSA) is 109 Å². The molecule has 2 fully saturated rings. The molecule has 6 nitrogen and oxygen atoms in total. The quantitative estimate of drug-likeness (QED) is 0.620. The predicted octanol–water partition coefficient (Wildman–Crippen LogP) is 4.75. The Balaban J connectivity index is 1.59. The van der Waals surface area contributed by atoms with Crippen LogP contribution in [0.25, 0.3) is 0 Å². The van der Waals surface area contributed by atoms with E-state index in [4.69, 9.17) is 5.73 Å². The van der Waals surface area contributed by atoms with E-state index in [0.29, 0.717) is 10.6 Å². The van der Waals surface area contributed by atoms with Gasteiger partial charge in [-0.2, -0.15) is 0 Å². The largest absolute Gasteiger partial charge is 0.481 e. The van der Waals surface area contributed by atoms with Gasteiger partial charge in [-0.05, 0) is 62.3 Å². The van der Waals surface area contributed by atoms with Crippen molar-refractivity contribution in [2.24, 2.45) is 29.4 Å². The van der Waals surface area contributed by atoms with E-state index in [0.717, 1.165) is 61.8 Å². The van der Waals surface area contributed by atoms with Crippen LogP contribution in [-0.2, 0) is 22.4 Å². The van der Waals surface area contributed by atoms with Crippen LogP contribution in [0.4, 0.5) is 5.00 Å². The molecule has 7 heteroatoms. The number of primary amides is 1. The zero-order chi connectivity index (χ0) is 22.0. The van der Waals surface area contributed by atoms with E-state index in [1.54, 1.807) is 0 Å². The van der Waals surface area contributed by atoms with Crippen molar-refractivity contribution in [2.45, 2.75) is 83.5 Å². The van der Waals surface area contributed by atoms with Gasteiger partial charge in [0.1, 0.15) is 5.00 Å². The molecule has 4 rings (SSSR count). The van der Waals surface area contributed by atoms with Crippen LogP contribution in [0.15, 0.2) is 0 Å². The monoisotopic (exact) mass is 446 g/mol. The maximum absolute atomic E-state index is 13.2. The van der Waals surface area contributed by atoms with Gasteiger partial charge in [0.15, 0.2) is 0 Å². The van der Waals surface area contributed by atoms with Gasteiger partial charge in [-0.3, -0.25) is 14.4 Å². The van der Waals surface area contributed by atoms with Crippen molar-refractivity contribution < 1.29 is 19.5 Å². The van der Waals surface area contributed by atoms with Gasteiger partial charge in [0, 0.05) is 4.88 Å². The number of rotatable bonds is 4. The van der Waals surface area contributed by atoms with Crippen LogP contribution >= 0.6 is 11.3 Å². The van der Waals surface area contributed by atoms with Gasteiger partial charge >= 0.3 is 5.97 Å². The van der Waals surface area contributed by atoms with Crippen molar-refractivity contribution in [3.63, 3.8) is 0 Å². The van der Waals surface area contributed by atoms with Crippen LogP contribution in [0.5, 0.6) is 0 Å². The van der Waals surface area contributed by atoms with Crippen LogP contribution in [0.2, 0.25) is 0 Å². The maximum Gasteiger partial charge on any atom is 0.307 e. The fraction of sp³-hybridized carbons (Fsp3) is 0.708. The molecule has 1 aromatic heterocycles. The molecule has 0 spiro atoms. The fourth-order valence-electron chi connectivity index (χ4n) is 6.19. The van der Waals surface area contributed by atoms with Gasteiger partial charge in [0.25, 0.3) is 5.91 Å². The van der Waals surface area contributed by atoms with Gasteiger partial charge in [0.2, 0.25) is 5.91 Å². The summed E-state index contributed by atoms with van der Waals surface area (Å²) in [4.78, 5) is 38.6. The number of carboxylic acid groups (broad SMARTS) is 1. The second-order valence-corrected chi connectivity index (χ2v) is 10.7. The third kappa shape index (κ3) is 4.66. The van der Waals surface area contributed by atoms with E-state index in [-0.39, 0.29) is 17.7 Å². The van der Waals surface area contributed by atoms with E-state index in [9.17, 15) is 19.5 Å². The highest BCUT2D eigenvalue weighted by molar-refractivity contribution is 7.17. The molecule has 1 heterocycles. The minimum Gasteiger partial charge on any atom is -0.481 e. The second kappa shape index (κ2) is 9.72. The van der Waals surface area contributed by atoms with E-state index in [1.807, 2.05) is 0 Å². The SMILES string of the molecule is NC(=O)c1c(NC(=O)[C@H]2[C@@H]3CC[C@@H](C3)[C@@H]2C(=O)O)sc2c1CCCCCCCCCC2. The number of hydrogen-bond donors (Lipinski definition) is 3. The number of nitrogens with one attached hydrogen (secondary N) is 1. The normalized spacial score (nSPS) is 28.9. The van der Waals surface area contributed by atoms with Crippen molar-refractivity contribution in [2.75, 3.05) is 5.32 Å². The number of thiophene rings is 1. The molecule has 170 valence electrons. The lowest BCUT2D eigenvalue weighted by molar-refractivity contribution is -0.148. The van der Waals surface area contributed by atoms with Crippen LogP contribution in [-0.4, -0.2) is 22.9 Å². The number of amides is 2. The summed E-state index contributed by atoms with van der Waals surface area (Å²) in [7, 11) is 0. The van der Waals surface area contributed by atoms with E-state index in [1.165, 1.54) is 43.4 Å². The van der Waals surface area contributed by atoms with Gasteiger partial charge in [0.05, 0.1) is 17.4 Å². The van der Waals surface area contributed by atoms with Gasteiger partial charge in [-0.15, -0.1) is 11.3 Å². The number of aliphatic carboxylic acids is 1. The minimum atomic E-state index is -0.874. The molecule has 4 atom stereocenters. The third-order valence-electron chi connectivity index (χ3n) is 7.66. The molecular weight excluding hydrogens is 412 g/mol. The maximum atomic E-state index is 13.2. The Morgan fingerprint density at radius 1 is 0.871 bits per heavy atom. The molecule has 1 aromatic rings. The number of fused-ring (bicyclic) bond motifs is 3. The molecule has 3 aliphatic rings. The molecule has 2 saturated carbocycles. The summed E-state index contributed by atoms with van der Waals surface area (Å²) in [5.41, 5.74) is 7.26. The zero-order valence-corrected chi connectivity index (χ0v) is 19.0. The van der Waals surface area contributed by atoms with E-state index < -0.39 is 23.7 Å². The number of hydrogen-bond acceptors (Lipinski definition) is 4. The molecular formula is C24H34N2O4S. The first kappa shape index (κ1) is 22.3. The summed E-state index contributed by atoms with van der Waals surface area (Å²) in [6.45, 7) is 0. The highest BCUT2D eigenvalue weighted by Gasteiger charge is 2.54. The lowest BCUT2D eigenvalue weighted by Crippen LogP contribution is -2.38. The first-order chi connectivity index (χ1) is 15.0. The Labute approximate surface area is 188 Å². The number of carbonyl (C=O) groups excluding carboxylic acids is 2. The molecule has 0 unspecified atom stereocenters. The van der Waals surface area contributed by atoms with Crippen LogP contribution in [0, 0.1) is 23.7 Å². The highest BCUT2D eigenvalue weighted by atomic mass is 32.1. The highest BCUT2D eigenvalue weighted by Crippen LogP contribution is 2.53.